The molecule has 0 aliphatic rings. The van der Waals surface area contributed by atoms with Gasteiger partial charge in [0.25, 0.3) is 5.91 Å². The lowest BCUT2D eigenvalue weighted by Crippen LogP contribution is -2.12. The first-order chi connectivity index (χ1) is 10.1. The number of nitrogens with zero attached hydrogens (tertiary/aromatic N) is 2. The van der Waals surface area contributed by atoms with Crippen LogP contribution < -0.4 is 15.8 Å². The van der Waals surface area contributed by atoms with Crippen molar-refractivity contribution in [2.45, 2.75) is 20.3 Å². The highest BCUT2D eigenvalue weighted by Gasteiger charge is 2.12. The van der Waals surface area contributed by atoms with Crippen molar-refractivity contribution in [2.75, 3.05) is 11.9 Å². The van der Waals surface area contributed by atoms with Crippen LogP contribution >= 0.6 is 0 Å². The molecule has 0 saturated heterocycles. The summed E-state index contributed by atoms with van der Waals surface area (Å²) in [6.45, 7) is 4.67. The molecule has 3 N–H and O–H groups in total. The van der Waals surface area contributed by atoms with Crippen LogP contribution in [0.5, 0.6) is 11.6 Å². The number of para-hydroxylation sites is 1. The standard InChI is InChI=1S/C15H18N4O2/c1-3-8-17-15-18-9-10(2)14(19-15)21-12-7-5-4-6-11(12)13(16)20/h4-7,9H,3,8H2,1-2H3,(H2,16,20)(H,17,18,19). The zero-order chi connectivity index (χ0) is 15.2. The molecule has 1 heterocycles. The first-order valence-electron chi connectivity index (χ1n) is 6.76. The zero-order valence-electron chi connectivity index (χ0n) is 12.1. The van der Waals surface area contributed by atoms with Crippen LogP contribution in [-0.4, -0.2) is 22.4 Å². The maximum Gasteiger partial charge on any atom is 0.252 e. The Morgan fingerprint density at radius 3 is 2.86 bits per heavy atom. The van der Waals surface area contributed by atoms with Gasteiger partial charge in [0.2, 0.25) is 11.8 Å². The highest BCUT2D eigenvalue weighted by molar-refractivity contribution is 5.95. The summed E-state index contributed by atoms with van der Waals surface area (Å²) in [5.41, 5.74) is 6.43. The van der Waals surface area contributed by atoms with Gasteiger partial charge in [-0.2, -0.15) is 4.98 Å². The molecule has 0 spiro atoms. The molecule has 2 rings (SSSR count). The van der Waals surface area contributed by atoms with E-state index in [0.717, 1.165) is 18.5 Å². The number of aromatic nitrogens is 2. The topological polar surface area (TPSA) is 90.1 Å². The lowest BCUT2D eigenvalue weighted by molar-refractivity contribution is 0.0998. The number of hydrogen-bond acceptors (Lipinski definition) is 5. The van der Waals surface area contributed by atoms with E-state index in [2.05, 4.69) is 22.2 Å². The smallest absolute Gasteiger partial charge is 0.252 e. The SMILES string of the molecule is CCCNc1ncc(C)c(Oc2ccccc2C(N)=O)n1. The summed E-state index contributed by atoms with van der Waals surface area (Å²) >= 11 is 0. The van der Waals surface area contributed by atoms with Gasteiger partial charge in [0.05, 0.1) is 5.56 Å². The van der Waals surface area contributed by atoms with Crippen LogP contribution in [-0.2, 0) is 0 Å². The maximum atomic E-state index is 11.4. The molecule has 1 aromatic heterocycles. The summed E-state index contributed by atoms with van der Waals surface area (Å²) in [7, 11) is 0. The Labute approximate surface area is 123 Å². The Bertz CT molecular complexity index is 643. The van der Waals surface area contributed by atoms with E-state index in [0.29, 0.717) is 23.1 Å². The molecule has 0 atom stereocenters. The average Bonchev–Trinajstić information content (AvgIpc) is 2.48. The third kappa shape index (κ3) is 3.68. The monoisotopic (exact) mass is 286 g/mol. The zero-order valence-corrected chi connectivity index (χ0v) is 12.1. The molecule has 2 aromatic rings. The number of benzene rings is 1. The number of hydrogen-bond donors (Lipinski definition) is 2. The van der Waals surface area contributed by atoms with Crippen molar-refractivity contribution in [1.82, 2.24) is 9.97 Å². The minimum absolute atomic E-state index is 0.318. The Hall–Kier alpha value is -2.63. The Balaban J connectivity index is 2.29. The molecule has 1 amide bonds. The Morgan fingerprint density at radius 1 is 1.38 bits per heavy atom. The van der Waals surface area contributed by atoms with Gasteiger partial charge in [-0.25, -0.2) is 4.98 Å². The number of ether oxygens (including phenoxy) is 1. The van der Waals surface area contributed by atoms with Gasteiger partial charge in [-0.3, -0.25) is 4.79 Å². The molecule has 0 bridgehead atoms. The van der Waals surface area contributed by atoms with E-state index in [1.807, 2.05) is 6.92 Å². The van der Waals surface area contributed by atoms with Gasteiger partial charge in [0.15, 0.2) is 0 Å². The van der Waals surface area contributed by atoms with E-state index in [9.17, 15) is 4.79 Å². The third-order valence-electron chi connectivity index (χ3n) is 2.82. The fourth-order valence-electron chi connectivity index (χ4n) is 1.72. The van der Waals surface area contributed by atoms with Gasteiger partial charge in [-0.15, -0.1) is 0 Å². The van der Waals surface area contributed by atoms with Gasteiger partial charge >= 0.3 is 0 Å². The molecule has 0 aliphatic carbocycles. The fourth-order valence-corrected chi connectivity index (χ4v) is 1.72. The van der Waals surface area contributed by atoms with Gasteiger partial charge in [0, 0.05) is 18.3 Å². The lowest BCUT2D eigenvalue weighted by Gasteiger charge is -2.11. The van der Waals surface area contributed by atoms with Crippen molar-refractivity contribution in [3.63, 3.8) is 0 Å². The average molecular weight is 286 g/mol. The van der Waals surface area contributed by atoms with E-state index >= 15 is 0 Å². The summed E-state index contributed by atoms with van der Waals surface area (Å²) < 4.78 is 5.73. The summed E-state index contributed by atoms with van der Waals surface area (Å²) in [4.78, 5) is 19.9. The highest BCUT2D eigenvalue weighted by atomic mass is 16.5. The largest absolute Gasteiger partial charge is 0.438 e. The summed E-state index contributed by atoms with van der Waals surface area (Å²) in [5, 5.41) is 3.09. The van der Waals surface area contributed by atoms with Gasteiger partial charge in [-0.1, -0.05) is 19.1 Å². The quantitative estimate of drug-likeness (QED) is 0.851. The van der Waals surface area contributed by atoms with Crippen LogP contribution in [0, 0.1) is 6.92 Å². The van der Waals surface area contributed by atoms with Crippen LogP contribution in [0.3, 0.4) is 0 Å². The molecule has 1 aromatic carbocycles. The first-order valence-corrected chi connectivity index (χ1v) is 6.76. The molecule has 6 nitrogen and oxygen atoms in total. The summed E-state index contributed by atoms with van der Waals surface area (Å²) in [6.07, 6.45) is 2.64. The lowest BCUT2D eigenvalue weighted by atomic mass is 10.2. The molecule has 110 valence electrons. The number of anilines is 1. The maximum absolute atomic E-state index is 11.4. The molecule has 21 heavy (non-hydrogen) atoms. The molecule has 0 aliphatic heterocycles. The Kier molecular flexibility index (Phi) is 4.71. The summed E-state index contributed by atoms with van der Waals surface area (Å²) in [6, 6.07) is 6.80. The van der Waals surface area contributed by atoms with Crippen molar-refractivity contribution < 1.29 is 9.53 Å². The van der Waals surface area contributed by atoms with E-state index < -0.39 is 5.91 Å². The highest BCUT2D eigenvalue weighted by Crippen LogP contribution is 2.26. The normalized spacial score (nSPS) is 10.2. The minimum atomic E-state index is -0.540. The molecule has 0 unspecified atom stereocenters. The molecule has 6 heteroatoms. The number of primary amides is 1. The van der Waals surface area contributed by atoms with Gasteiger partial charge in [-0.05, 0) is 25.5 Å². The van der Waals surface area contributed by atoms with Crippen molar-refractivity contribution in [3.8, 4) is 11.6 Å². The molecule has 0 saturated carbocycles. The predicted molar refractivity (Wildman–Crippen MR) is 80.6 cm³/mol. The van der Waals surface area contributed by atoms with E-state index in [-0.39, 0.29) is 0 Å². The molecular weight excluding hydrogens is 268 g/mol. The van der Waals surface area contributed by atoms with Crippen LogP contribution in [0.25, 0.3) is 0 Å². The van der Waals surface area contributed by atoms with E-state index in [4.69, 9.17) is 10.5 Å². The van der Waals surface area contributed by atoms with Gasteiger partial charge in [0.1, 0.15) is 5.75 Å². The van der Waals surface area contributed by atoms with E-state index in [1.165, 1.54) is 0 Å². The number of rotatable bonds is 6. The van der Waals surface area contributed by atoms with Crippen molar-refractivity contribution in [3.05, 3.63) is 41.6 Å². The van der Waals surface area contributed by atoms with Gasteiger partial charge < -0.3 is 15.8 Å². The number of carbonyl (C=O) groups is 1. The number of carbonyl (C=O) groups excluding carboxylic acids is 1. The summed E-state index contributed by atoms with van der Waals surface area (Å²) in [5.74, 6) is 0.737. The third-order valence-corrected chi connectivity index (χ3v) is 2.82. The van der Waals surface area contributed by atoms with E-state index in [1.54, 1.807) is 30.5 Å². The predicted octanol–water partition coefficient (Wildman–Crippen LogP) is 2.50. The van der Waals surface area contributed by atoms with Crippen LogP contribution in [0.15, 0.2) is 30.5 Å². The molecule has 0 radical (unpaired) electrons. The second-order valence-electron chi connectivity index (χ2n) is 4.57. The fraction of sp³-hybridized carbons (Fsp3) is 0.267. The first kappa shape index (κ1) is 14.8. The van der Waals surface area contributed by atoms with Crippen LogP contribution in [0.4, 0.5) is 5.95 Å². The minimum Gasteiger partial charge on any atom is -0.438 e. The number of amides is 1. The molecule has 0 fully saturated rings. The molecular formula is C15H18N4O2. The van der Waals surface area contributed by atoms with Crippen molar-refractivity contribution in [1.29, 1.82) is 0 Å². The second kappa shape index (κ2) is 6.69. The number of nitrogens with one attached hydrogen (secondary N) is 1. The van der Waals surface area contributed by atoms with Crippen LogP contribution in [0.1, 0.15) is 29.3 Å². The van der Waals surface area contributed by atoms with Crippen molar-refractivity contribution >= 4 is 11.9 Å². The second-order valence-corrected chi connectivity index (χ2v) is 4.57. The number of aryl methyl sites for hydroxylation is 1. The number of nitrogens with two attached hydrogens (primary N) is 1. The van der Waals surface area contributed by atoms with Crippen LogP contribution in [0.2, 0.25) is 0 Å². The van der Waals surface area contributed by atoms with Crippen molar-refractivity contribution in [2.24, 2.45) is 5.73 Å². The Morgan fingerprint density at radius 2 is 2.14 bits per heavy atom.